The Morgan fingerprint density at radius 1 is 1.03 bits per heavy atom. The second kappa shape index (κ2) is 8.18. The van der Waals surface area contributed by atoms with E-state index in [0.29, 0.717) is 19.5 Å². The Hall–Kier alpha value is -1.56. The lowest BCUT2D eigenvalue weighted by molar-refractivity contribution is -0.135. The Kier molecular flexibility index (Phi) is 5.90. The van der Waals surface area contributed by atoms with Crippen LogP contribution in [0.3, 0.4) is 0 Å². The van der Waals surface area contributed by atoms with Crippen molar-refractivity contribution in [2.45, 2.75) is 36.2 Å². The molecule has 0 radical (unpaired) electrons. The number of carbonyl (C=O) groups is 1. The molecule has 1 saturated carbocycles. The molecule has 3 aliphatic rings. The van der Waals surface area contributed by atoms with Gasteiger partial charge in [0.15, 0.2) is 9.84 Å². The van der Waals surface area contributed by atoms with Crippen molar-refractivity contribution < 1.29 is 26.0 Å². The monoisotopic (exact) mass is 459 g/mol. The zero-order valence-corrected chi connectivity index (χ0v) is 18.2. The number of piperazine rings is 1. The van der Waals surface area contributed by atoms with E-state index in [-0.39, 0.29) is 54.0 Å². The highest BCUT2D eigenvalue weighted by molar-refractivity contribution is 7.91. The summed E-state index contributed by atoms with van der Waals surface area (Å²) >= 11 is 0. The molecule has 8 nitrogen and oxygen atoms in total. The minimum Gasteiger partial charge on any atom is -0.335 e. The molecule has 2 heterocycles. The van der Waals surface area contributed by atoms with Crippen LogP contribution in [-0.4, -0.2) is 93.2 Å². The van der Waals surface area contributed by atoms with E-state index in [9.17, 15) is 26.0 Å². The van der Waals surface area contributed by atoms with Crippen LogP contribution in [-0.2, 0) is 24.7 Å². The Bertz CT molecular complexity index is 1000. The first-order valence-corrected chi connectivity index (χ1v) is 13.4. The molecule has 0 unspecified atom stereocenters. The summed E-state index contributed by atoms with van der Waals surface area (Å²) in [7, 11) is -6.77. The summed E-state index contributed by atoms with van der Waals surface area (Å²) in [5.74, 6) is -0.394. The fourth-order valence-electron chi connectivity index (χ4n) is 4.21. The number of hydrogen-bond donors (Lipinski definition) is 0. The van der Waals surface area contributed by atoms with Crippen molar-refractivity contribution in [3.05, 3.63) is 30.1 Å². The highest BCUT2D eigenvalue weighted by atomic mass is 32.2. The number of carbonyl (C=O) groups excluding carboxylic acids is 1. The maximum atomic E-state index is 13.1. The molecule has 1 aromatic carbocycles. The van der Waals surface area contributed by atoms with E-state index in [0.717, 1.165) is 25.0 Å². The lowest BCUT2D eigenvalue weighted by atomic mass is 10.2. The third-order valence-corrected chi connectivity index (χ3v) is 9.63. The van der Waals surface area contributed by atoms with Crippen molar-refractivity contribution in [1.29, 1.82) is 0 Å². The number of amides is 1. The van der Waals surface area contributed by atoms with E-state index in [4.69, 9.17) is 0 Å². The number of sulfone groups is 1. The molecule has 166 valence electrons. The Labute approximate surface area is 176 Å². The Balaban J connectivity index is 1.35. The van der Waals surface area contributed by atoms with Crippen molar-refractivity contribution >= 4 is 25.8 Å². The molecule has 0 aromatic heterocycles. The van der Waals surface area contributed by atoms with Crippen LogP contribution in [0, 0.1) is 5.82 Å². The van der Waals surface area contributed by atoms with E-state index >= 15 is 0 Å². The zero-order valence-electron chi connectivity index (χ0n) is 16.6. The molecule has 0 bridgehead atoms. The van der Waals surface area contributed by atoms with Gasteiger partial charge < -0.3 is 4.90 Å². The smallest absolute Gasteiger partial charge is 0.243 e. The number of benzene rings is 1. The minimum atomic E-state index is -3.70. The summed E-state index contributed by atoms with van der Waals surface area (Å²) < 4.78 is 63.5. The lowest BCUT2D eigenvalue weighted by Crippen LogP contribution is -2.53. The molecule has 2 saturated heterocycles. The fraction of sp³-hybridized carbons (Fsp3) is 0.632. The second-order valence-corrected chi connectivity index (χ2v) is 12.4. The van der Waals surface area contributed by atoms with Gasteiger partial charge in [-0.1, -0.05) is 0 Å². The summed E-state index contributed by atoms with van der Waals surface area (Å²) in [5.41, 5.74) is 0. The lowest BCUT2D eigenvalue weighted by Gasteiger charge is -2.36. The SMILES string of the molecule is O=C(CN1CCN(S(=O)(=O)c2ccc(F)cc2)CC1)N(C1CC1)[C@H]1CCS(=O)(=O)C1. The highest BCUT2D eigenvalue weighted by Crippen LogP contribution is 2.32. The van der Waals surface area contributed by atoms with Crippen molar-refractivity contribution in [2.24, 2.45) is 0 Å². The molecular formula is C19H26FN3O5S2. The molecule has 4 rings (SSSR count). The Morgan fingerprint density at radius 3 is 2.20 bits per heavy atom. The van der Waals surface area contributed by atoms with Crippen LogP contribution in [0.15, 0.2) is 29.2 Å². The molecule has 30 heavy (non-hydrogen) atoms. The number of rotatable bonds is 6. The number of hydrogen-bond acceptors (Lipinski definition) is 6. The minimum absolute atomic E-state index is 0.0406. The first kappa shape index (κ1) is 21.7. The predicted octanol–water partition coefficient (Wildman–Crippen LogP) is 0.310. The normalized spacial score (nSPS) is 25.3. The van der Waals surface area contributed by atoms with Gasteiger partial charge in [-0.25, -0.2) is 21.2 Å². The van der Waals surface area contributed by atoms with Gasteiger partial charge in [0.05, 0.1) is 22.9 Å². The molecule has 1 aliphatic carbocycles. The van der Waals surface area contributed by atoms with E-state index in [2.05, 4.69) is 0 Å². The molecule has 0 spiro atoms. The average Bonchev–Trinajstić information content (AvgIpc) is 3.45. The number of nitrogens with zero attached hydrogens (tertiary/aromatic N) is 3. The van der Waals surface area contributed by atoms with Gasteiger partial charge in [0.1, 0.15) is 5.82 Å². The fourth-order valence-corrected chi connectivity index (χ4v) is 7.34. The van der Waals surface area contributed by atoms with Crippen LogP contribution in [0.2, 0.25) is 0 Å². The maximum Gasteiger partial charge on any atom is 0.243 e. The van der Waals surface area contributed by atoms with Crippen LogP contribution < -0.4 is 0 Å². The van der Waals surface area contributed by atoms with Gasteiger partial charge in [0.2, 0.25) is 15.9 Å². The van der Waals surface area contributed by atoms with Crippen molar-refractivity contribution in [1.82, 2.24) is 14.1 Å². The predicted molar refractivity (Wildman–Crippen MR) is 109 cm³/mol. The van der Waals surface area contributed by atoms with Gasteiger partial charge in [0.25, 0.3) is 0 Å². The molecule has 2 aliphatic heterocycles. The molecule has 11 heteroatoms. The van der Waals surface area contributed by atoms with Gasteiger partial charge in [-0.15, -0.1) is 0 Å². The van der Waals surface area contributed by atoms with E-state index < -0.39 is 25.7 Å². The topological polar surface area (TPSA) is 95.1 Å². The molecule has 3 fully saturated rings. The molecule has 1 aromatic rings. The van der Waals surface area contributed by atoms with Crippen LogP contribution in [0.5, 0.6) is 0 Å². The van der Waals surface area contributed by atoms with Crippen molar-refractivity contribution in [2.75, 3.05) is 44.2 Å². The van der Waals surface area contributed by atoms with Gasteiger partial charge >= 0.3 is 0 Å². The highest BCUT2D eigenvalue weighted by Gasteiger charge is 2.42. The van der Waals surface area contributed by atoms with Gasteiger partial charge in [0, 0.05) is 38.3 Å². The average molecular weight is 460 g/mol. The summed E-state index contributed by atoms with van der Waals surface area (Å²) in [4.78, 5) is 16.7. The quantitative estimate of drug-likeness (QED) is 0.608. The van der Waals surface area contributed by atoms with Gasteiger partial charge in [-0.3, -0.25) is 9.69 Å². The number of halogens is 1. The molecular weight excluding hydrogens is 433 g/mol. The third-order valence-electron chi connectivity index (χ3n) is 5.97. The summed E-state index contributed by atoms with van der Waals surface area (Å²) in [6.45, 7) is 1.47. The van der Waals surface area contributed by atoms with Gasteiger partial charge in [-0.05, 0) is 43.5 Å². The second-order valence-electron chi connectivity index (χ2n) is 8.22. The molecule has 1 atom stereocenters. The van der Waals surface area contributed by atoms with E-state index in [1.807, 2.05) is 4.90 Å². The van der Waals surface area contributed by atoms with E-state index in [1.54, 1.807) is 4.90 Å². The first-order valence-electron chi connectivity index (χ1n) is 10.2. The Morgan fingerprint density at radius 2 is 1.67 bits per heavy atom. The van der Waals surface area contributed by atoms with Crippen LogP contribution in [0.4, 0.5) is 4.39 Å². The largest absolute Gasteiger partial charge is 0.335 e. The van der Waals surface area contributed by atoms with Crippen LogP contribution >= 0.6 is 0 Å². The zero-order chi connectivity index (χ0) is 21.5. The van der Waals surface area contributed by atoms with Crippen molar-refractivity contribution in [3.8, 4) is 0 Å². The molecule has 1 amide bonds. The third kappa shape index (κ3) is 4.68. The summed E-state index contributed by atoms with van der Waals surface area (Å²) in [6.07, 6.45) is 2.31. The number of sulfonamides is 1. The summed E-state index contributed by atoms with van der Waals surface area (Å²) in [6, 6.07) is 4.65. The molecule has 0 N–H and O–H groups in total. The van der Waals surface area contributed by atoms with Crippen LogP contribution in [0.25, 0.3) is 0 Å². The van der Waals surface area contributed by atoms with Crippen LogP contribution in [0.1, 0.15) is 19.3 Å². The standard InChI is InChI=1S/C19H26FN3O5S2/c20-15-1-5-18(6-2-15)30(27,28)22-10-8-21(9-11-22)13-19(24)23(16-3-4-16)17-7-12-29(25,26)14-17/h1-2,5-6,16-17H,3-4,7-14H2/t17-/m0/s1. The maximum absolute atomic E-state index is 13.1. The van der Waals surface area contributed by atoms with E-state index in [1.165, 1.54) is 16.4 Å². The summed E-state index contributed by atoms with van der Waals surface area (Å²) in [5, 5.41) is 0. The van der Waals surface area contributed by atoms with Gasteiger partial charge in [-0.2, -0.15) is 4.31 Å². The first-order chi connectivity index (χ1) is 14.2. The van der Waals surface area contributed by atoms with Crippen molar-refractivity contribution in [3.63, 3.8) is 0 Å².